The van der Waals surface area contributed by atoms with Gasteiger partial charge < -0.3 is 9.80 Å². The van der Waals surface area contributed by atoms with Gasteiger partial charge in [0.25, 0.3) is 0 Å². The average molecular weight is 319 g/mol. The molecule has 1 aromatic heterocycles. The fraction of sp³-hybridized carbons (Fsp3) is 0.842. The van der Waals surface area contributed by atoms with Gasteiger partial charge in [-0.15, -0.1) is 0 Å². The van der Waals surface area contributed by atoms with Crippen molar-refractivity contribution in [2.24, 2.45) is 0 Å². The molecule has 0 aromatic carbocycles. The molecule has 3 rings (SSSR count). The van der Waals surface area contributed by atoms with Crippen LogP contribution in [0.4, 0.5) is 0 Å². The minimum Gasteiger partial charge on any atom is -0.301 e. The molecule has 2 fully saturated rings. The molecule has 130 valence electrons. The third kappa shape index (κ3) is 3.97. The average Bonchev–Trinajstić information content (AvgIpc) is 3.05. The van der Waals surface area contributed by atoms with Gasteiger partial charge in [-0.1, -0.05) is 0 Å². The van der Waals surface area contributed by atoms with Gasteiger partial charge in [-0.05, 0) is 85.6 Å². The molecule has 0 saturated carbocycles. The van der Waals surface area contributed by atoms with Crippen LogP contribution in [0.15, 0.2) is 6.07 Å². The largest absolute Gasteiger partial charge is 0.301 e. The smallest absolute Gasteiger partial charge is 0.0656 e. The number of piperidine rings is 2. The Bertz CT molecular complexity index is 435. The van der Waals surface area contributed by atoms with E-state index in [0.717, 1.165) is 0 Å². The van der Waals surface area contributed by atoms with Crippen LogP contribution in [-0.2, 0) is 0 Å². The maximum Gasteiger partial charge on any atom is 0.0656 e. The van der Waals surface area contributed by atoms with Crippen molar-refractivity contribution in [3.05, 3.63) is 17.5 Å². The van der Waals surface area contributed by atoms with E-state index in [1.54, 1.807) is 0 Å². The third-order valence-corrected chi connectivity index (χ3v) is 6.00. The Morgan fingerprint density at radius 1 is 0.870 bits per heavy atom. The molecule has 4 heteroatoms. The molecule has 2 aliphatic rings. The molecule has 1 aromatic rings. The van der Waals surface area contributed by atoms with Crippen LogP contribution in [0.5, 0.6) is 0 Å². The van der Waals surface area contributed by atoms with E-state index in [0.29, 0.717) is 23.9 Å². The number of hydrogen-bond acceptors (Lipinski definition) is 3. The first-order chi connectivity index (χ1) is 11.0. The first kappa shape index (κ1) is 17.0. The number of nitrogens with zero attached hydrogens (tertiary/aromatic N) is 3. The SMILES string of the molecule is CC(C)N1CCC(c2cc(C3CCN(C(C)C)CC3)[nH]n2)CC1. The number of H-pyrrole nitrogens is 1. The summed E-state index contributed by atoms with van der Waals surface area (Å²) in [6, 6.07) is 3.74. The molecule has 23 heavy (non-hydrogen) atoms. The molecule has 0 aliphatic carbocycles. The van der Waals surface area contributed by atoms with Crippen LogP contribution in [0.1, 0.15) is 76.6 Å². The molecule has 0 unspecified atom stereocenters. The maximum absolute atomic E-state index is 4.68. The van der Waals surface area contributed by atoms with Crippen molar-refractivity contribution in [1.29, 1.82) is 0 Å². The van der Waals surface area contributed by atoms with E-state index in [2.05, 4.69) is 53.8 Å². The summed E-state index contributed by atoms with van der Waals surface area (Å²) >= 11 is 0. The van der Waals surface area contributed by atoms with E-state index < -0.39 is 0 Å². The number of hydrogen-bond donors (Lipinski definition) is 1. The van der Waals surface area contributed by atoms with Crippen molar-refractivity contribution in [2.75, 3.05) is 26.2 Å². The van der Waals surface area contributed by atoms with Crippen molar-refractivity contribution in [2.45, 2.75) is 77.3 Å². The second-order valence-electron chi connectivity index (χ2n) is 8.06. The van der Waals surface area contributed by atoms with Crippen LogP contribution < -0.4 is 0 Å². The topological polar surface area (TPSA) is 35.2 Å². The minimum atomic E-state index is 0.658. The molecule has 0 atom stereocenters. The van der Waals surface area contributed by atoms with Gasteiger partial charge in [0.15, 0.2) is 0 Å². The molecular formula is C19H34N4. The highest BCUT2D eigenvalue weighted by molar-refractivity contribution is 5.18. The fourth-order valence-electron chi connectivity index (χ4n) is 4.21. The highest BCUT2D eigenvalue weighted by Crippen LogP contribution is 2.32. The first-order valence-electron chi connectivity index (χ1n) is 9.58. The number of aromatic nitrogens is 2. The van der Waals surface area contributed by atoms with Crippen LogP contribution in [-0.4, -0.2) is 58.3 Å². The van der Waals surface area contributed by atoms with Gasteiger partial charge in [0.05, 0.1) is 5.69 Å². The second-order valence-corrected chi connectivity index (χ2v) is 8.06. The van der Waals surface area contributed by atoms with Crippen molar-refractivity contribution in [3.8, 4) is 0 Å². The molecule has 2 saturated heterocycles. The number of rotatable bonds is 4. The summed E-state index contributed by atoms with van der Waals surface area (Å²) < 4.78 is 0. The number of nitrogens with one attached hydrogen (secondary N) is 1. The molecule has 2 aliphatic heterocycles. The molecule has 3 heterocycles. The van der Waals surface area contributed by atoms with Gasteiger partial charge in [-0.3, -0.25) is 5.10 Å². The Morgan fingerprint density at radius 2 is 1.35 bits per heavy atom. The van der Waals surface area contributed by atoms with E-state index in [1.165, 1.54) is 63.3 Å². The summed E-state index contributed by atoms with van der Waals surface area (Å²) in [6.07, 6.45) is 5.06. The molecule has 0 spiro atoms. The van der Waals surface area contributed by atoms with Gasteiger partial charge in [-0.2, -0.15) is 5.10 Å². The van der Waals surface area contributed by atoms with Gasteiger partial charge in [-0.25, -0.2) is 0 Å². The predicted octanol–water partition coefficient (Wildman–Crippen LogP) is 3.59. The van der Waals surface area contributed by atoms with Crippen LogP contribution >= 0.6 is 0 Å². The summed E-state index contributed by atoms with van der Waals surface area (Å²) in [5.41, 5.74) is 2.70. The Balaban J connectivity index is 1.55. The Morgan fingerprint density at radius 3 is 1.83 bits per heavy atom. The third-order valence-electron chi connectivity index (χ3n) is 6.00. The minimum absolute atomic E-state index is 0.658. The summed E-state index contributed by atoms with van der Waals surface area (Å²) in [6.45, 7) is 14.1. The highest BCUT2D eigenvalue weighted by Gasteiger charge is 2.27. The van der Waals surface area contributed by atoms with Crippen molar-refractivity contribution in [3.63, 3.8) is 0 Å². The van der Waals surface area contributed by atoms with E-state index in [4.69, 9.17) is 0 Å². The molecular weight excluding hydrogens is 284 g/mol. The summed E-state index contributed by atoms with van der Waals surface area (Å²) in [4.78, 5) is 5.18. The van der Waals surface area contributed by atoms with Crippen LogP contribution in [0.2, 0.25) is 0 Å². The zero-order valence-electron chi connectivity index (χ0n) is 15.4. The van der Waals surface area contributed by atoms with Gasteiger partial charge in [0.2, 0.25) is 0 Å². The monoisotopic (exact) mass is 318 g/mol. The quantitative estimate of drug-likeness (QED) is 0.921. The summed E-state index contributed by atoms with van der Waals surface area (Å²) in [5, 5.41) is 8.05. The lowest BCUT2D eigenvalue weighted by Crippen LogP contribution is -2.38. The summed E-state index contributed by atoms with van der Waals surface area (Å²) in [5.74, 6) is 1.34. The van der Waals surface area contributed by atoms with Crippen molar-refractivity contribution in [1.82, 2.24) is 20.0 Å². The van der Waals surface area contributed by atoms with E-state index in [-0.39, 0.29) is 0 Å². The standard InChI is InChI=1S/C19H34N4/c1-14(2)22-9-5-16(6-10-22)18-13-19(21-20-18)17-7-11-23(12-8-17)15(3)4/h13-17H,5-12H2,1-4H3,(H,20,21). The van der Waals surface area contributed by atoms with E-state index >= 15 is 0 Å². The lowest BCUT2D eigenvalue weighted by Gasteiger charge is -2.34. The normalized spacial score (nSPS) is 23.2. The number of aromatic amines is 1. The Labute approximate surface area is 141 Å². The Hall–Kier alpha value is -0.870. The molecule has 0 radical (unpaired) electrons. The first-order valence-corrected chi connectivity index (χ1v) is 9.58. The molecule has 4 nitrogen and oxygen atoms in total. The van der Waals surface area contributed by atoms with E-state index in [1.807, 2.05) is 0 Å². The van der Waals surface area contributed by atoms with Gasteiger partial charge in [0, 0.05) is 29.6 Å². The van der Waals surface area contributed by atoms with Gasteiger partial charge in [0.1, 0.15) is 0 Å². The second kappa shape index (κ2) is 7.35. The molecule has 0 amide bonds. The predicted molar refractivity (Wildman–Crippen MR) is 96.0 cm³/mol. The fourth-order valence-corrected chi connectivity index (χ4v) is 4.21. The lowest BCUT2D eigenvalue weighted by atomic mass is 9.90. The van der Waals surface area contributed by atoms with E-state index in [9.17, 15) is 0 Å². The van der Waals surface area contributed by atoms with Crippen LogP contribution in [0, 0.1) is 0 Å². The zero-order chi connectivity index (χ0) is 16.4. The zero-order valence-corrected chi connectivity index (χ0v) is 15.4. The van der Waals surface area contributed by atoms with Crippen LogP contribution in [0.25, 0.3) is 0 Å². The Kier molecular flexibility index (Phi) is 5.42. The van der Waals surface area contributed by atoms with Crippen LogP contribution in [0.3, 0.4) is 0 Å². The van der Waals surface area contributed by atoms with Crippen molar-refractivity contribution < 1.29 is 0 Å². The molecule has 1 N–H and O–H groups in total. The summed E-state index contributed by atoms with van der Waals surface area (Å²) in [7, 11) is 0. The highest BCUT2D eigenvalue weighted by atomic mass is 15.2. The maximum atomic E-state index is 4.68. The van der Waals surface area contributed by atoms with Gasteiger partial charge >= 0.3 is 0 Å². The lowest BCUT2D eigenvalue weighted by molar-refractivity contribution is 0.170. The number of likely N-dealkylation sites (tertiary alicyclic amines) is 2. The van der Waals surface area contributed by atoms with Crippen molar-refractivity contribution >= 4 is 0 Å². The molecule has 0 bridgehead atoms.